The molecule has 1 heterocycles. The Bertz CT molecular complexity index is 450. The fourth-order valence-electron chi connectivity index (χ4n) is 2.74. The number of thioether (sulfide) groups is 1. The van der Waals surface area contributed by atoms with Crippen molar-refractivity contribution in [3.63, 3.8) is 0 Å². The zero-order valence-electron chi connectivity index (χ0n) is 12.7. The summed E-state index contributed by atoms with van der Waals surface area (Å²) in [7, 11) is 0. The van der Waals surface area contributed by atoms with Gasteiger partial charge in [0.25, 0.3) is 0 Å². The molecule has 1 saturated heterocycles. The van der Waals surface area contributed by atoms with Gasteiger partial charge in [-0.15, -0.1) is 24.2 Å². The molecule has 21 heavy (non-hydrogen) atoms. The first-order valence-corrected chi connectivity index (χ1v) is 8.56. The monoisotopic (exact) mass is 328 g/mol. The molecule has 3 nitrogen and oxygen atoms in total. The van der Waals surface area contributed by atoms with Gasteiger partial charge in [0.2, 0.25) is 5.91 Å². The van der Waals surface area contributed by atoms with Gasteiger partial charge < -0.3 is 10.6 Å². The first-order chi connectivity index (χ1) is 9.69. The lowest BCUT2D eigenvalue weighted by Crippen LogP contribution is -2.34. The second-order valence-electron chi connectivity index (χ2n) is 5.57. The Kier molecular flexibility index (Phi) is 8.15. The first-order valence-electron chi connectivity index (χ1n) is 7.33. The Morgan fingerprint density at radius 3 is 3.00 bits per heavy atom. The van der Waals surface area contributed by atoms with Crippen molar-refractivity contribution in [2.45, 2.75) is 31.1 Å². The van der Waals surface area contributed by atoms with E-state index in [1.165, 1.54) is 17.7 Å². The number of nitrogens with one attached hydrogen (secondary N) is 2. The number of rotatable bonds is 5. The van der Waals surface area contributed by atoms with Gasteiger partial charge in [0.05, 0.1) is 0 Å². The van der Waals surface area contributed by atoms with Gasteiger partial charge in [-0.1, -0.05) is 13.0 Å². The quantitative estimate of drug-likeness (QED) is 0.808. The Morgan fingerprint density at radius 2 is 2.33 bits per heavy atom. The molecular weight excluding hydrogens is 304 g/mol. The summed E-state index contributed by atoms with van der Waals surface area (Å²) in [5, 5.41) is 6.43. The van der Waals surface area contributed by atoms with Gasteiger partial charge in [-0.25, -0.2) is 0 Å². The second kappa shape index (κ2) is 9.34. The summed E-state index contributed by atoms with van der Waals surface area (Å²) in [6.07, 6.45) is 5.12. The van der Waals surface area contributed by atoms with Gasteiger partial charge in [0.15, 0.2) is 0 Å². The third-order valence-electron chi connectivity index (χ3n) is 4.00. The smallest absolute Gasteiger partial charge is 0.224 e. The average molecular weight is 329 g/mol. The van der Waals surface area contributed by atoms with Gasteiger partial charge in [0.1, 0.15) is 0 Å². The van der Waals surface area contributed by atoms with E-state index in [-0.39, 0.29) is 18.3 Å². The highest BCUT2D eigenvalue weighted by molar-refractivity contribution is 7.98. The highest BCUT2D eigenvalue weighted by Gasteiger charge is 2.21. The van der Waals surface area contributed by atoms with E-state index in [1.807, 2.05) is 24.5 Å². The molecule has 1 aliphatic rings. The van der Waals surface area contributed by atoms with Crippen LogP contribution in [0.4, 0.5) is 5.69 Å². The van der Waals surface area contributed by atoms with Crippen molar-refractivity contribution in [1.82, 2.24) is 5.32 Å². The Labute approximate surface area is 138 Å². The van der Waals surface area contributed by atoms with Crippen molar-refractivity contribution >= 4 is 35.8 Å². The van der Waals surface area contributed by atoms with Crippen molar-refractivity contribution in [2.75, 3.05) is 24.7 Å². The predicted octanol–water partition coefficient (Wildman–Crippen LogP) is 3.79. The lowest BCUT2D eigenvalue weighted by molar-refractivity contribution is -0.117. The van der Waals surface area contributed by atoms with Gasteiger partial charge in [0, 0.05) is 17.0 Å². The minimum absolute atomic E-state index is 0. The van der Waals surface area contributed by atoms with Crippen LogP contribution in [0.5, 0.6) is 0 Å². The number of hydrogen-bond acceptors (Lipinski definition) is 3. The Morgan fingerprint density at radius 1 is 1.52 bits per heavy atom. The number of piperidine rings is 1. The summed E-state index contributed by atoms with van der Waals surface area (Å²) < 4.78 is 0. The number of benzene rings is 1. The summed E-state index contributed by atoms with van der Waals surface area (Å²) >= 11 is 1.69. The van der Waals surface area contributed by atoms with Crippen molar-refractivity contribution in [2.24, 2.45) is 11.8 Å². The third kappa shape index (κ3) is 5.89. The Balaban J connectivity index is 0.00000220. The summed E-state index contributed by atoms with van der Waals surface area (Å²) in [5.74, 6) is 1.19. The number of amides is 1. The molecule has 0 bridgehead atoms. The lowest BCUT2D eigenvalue weighted by Gasteiger charge is -2.28. The van der Waals surface area contributed by atoms with Crippen LogP contribution >= 0.6 is 24.2 Å². The molecule has 1 aliphatic heterocycles. The molecule has 5 heteroatoms. The van der Waals surface area contributed by atoms with Crippen LogP contribution in [0, 0.1) is 11.8 Å². The van der Waals surface area contributed by atoms with Crippen molar-refractivity contribution < 1.29 is 4.79 Å². The van der Waals surface area contributed by atoms with E-state index in [9.17, 15) is 4.79 Å². The SMILES string of the molecule is CSc1cccc(NC(=O)CC(C)C2CCCNC2)c1.Cl. The fraction of sp³-hybridized carbons (Fsp3) is 0.562. The topological polar surface area (TPSA) is 41.1 Å². The van der Waals surface area contributed by atoms with Crippen molar-refractivity contribution in [1.29, 1.82) is 0 Å². The van der Waals surface area contributed by atoms with Crippen LogP contribution in [-0.4, -0.2) is 25.3 Å². The van der Waals surface area contributed by atoms with Crippen molar-refractivity contribution in [3.05, 3.63) is 24.3 Å². The van der Waals surface area contributed by atoms with Gasteiger partial charge in [-0.05, 0) is 62.2 Å². The average Bonchev–Trinajstić information content (AvgIpc) is 2.48. The molecule has 1 aromatic carbocycles. The van der Waals surface area contributed by atoms with E-state index in [0.29, 0.717) is 18.3 Å². The second-order valence-corrected chi connectivity index (χ2v) is 6.45. The molecule has 2 rings (SSSR count). The van der Waals surface area contributed by atoms with Crippen LogP contribution in [-0.2, 0) is 4.79 Å². The van der Waals surface area contributed by atoms with Crippen LogP contribution in [0.25, 0.3) is 0 Å². The molecular formula is C16H25ClN2OS. The molecule has 0 aromatic heterocycles. The molecule has 0 saturated carbocycles. The summed E-state index contributed by atoms with van der Waals surface area (Å²) in [6, 6.07) is 8.01. The molecule has 0 spiro atoms. The van der Waals surface area contributed by atoms with Gasteiger partial charge in [-0.3, -0.25) is 4.79 Å². The van der Waals surface area contributed by atoms with E-state index in [2.05, 4.69) is 23.6 Å². The molecule has 1 amide bonds. The van der Waals surface area contributed by atoms with E-state index in [0.717, 1.165) is 18.8 Å². The third-order valence-corrected chi connectivity index (χ3v) is 4.73. The largest absolute Gasteiger partial charge is 0.326 e. The van der Waals surface area contributed by atoms with Crippen LogP contribution in [0.1, 0.15) is 26.2 Å². The van der Waals surface area contributed by atoms with E-state index in [4.69, 9.17) is 0 Å². The fourth-order valence-corrected chi connectivity index (χ4v) is 3.20. The highest BCUT2D eigenvalue weighted by atomic mass is 35.5. The van der Waals surface area contributed by atoms with Crippen LogP contribution in [0.3, 0.4) is 0 Å². The first kappa shape index (κ1) is 18.3. The molecule has 0 radical (unpaired) electrons. The molecule has 2 atom stereocenters. The molecule has 118 valence electrons. The van der Waals surface area contributed by atoms with Crippen LogP contribution < -0.4 is 10.6 Å². The number of carbonyl (C=O) groups is 1. The van der Waals surface area contributed by atoms with E-state index < -0.39 is 0 Å². The van der Waals surface area contributed by atoms with Gasteiger partial charge in [-0.2, -0.15) is 0 Å². The molecule has 2 N–H and O–H groups in total. The molecule has 0 aliphatic carbocycles. The minimum Gasteiger partial charge on any atom is -0.326 e. The summed E-state index contributed by atoms with van der Waals surface area (Å²) in [5.41, 5.74) is 0.899. The van der Waals surface area contributed by atoms with E-state index >= 15 is 0 Å². The van der Waals surface area contributed by atoms with Crippen molar-refractivity contribution in [3.8, 4) is 0 Å². The number of anilines is 1. The van der Waals surface area contributed by atoms with E-state index in [1.54, 1.807) is 11.8 Å². The molecule has 1 aromatic rings. The predicted molar refractivity (Wildman–Crippen MR) is 93.5 cm³/mol. The summed E-state index contributed by atoms with van der Waals surface area (Å²) in [4.78, 5) is 13.3. The normalized spacial score (nSPS) is 19.4. The number of halogens is 1. The standard InChI is InChI=1S/C16H24N2OS.ClH/c1-12(13-5-4-8-17-11-13)9-16(19)18-14-6-3-7-15(10-14)20-2;/h3,6-7,10,12-13,17H,4-5,8-9,11H2,1-2H3,(H,18,19);1H. The maximum absolute atomic E-state index is 12.1. The molecule has 2 unspecified atom stereocenters. The van der Waals surface area contributed by atoms with Gasteiger partial charge >= 0.3 is 0 Å². The highest BCUT2D eigenvalue weighted by Crippen LogP contribution is 2.24. The Hall–Kier alpha value is -0.710. The maximum Gasteiger partial charge on any atom is 0.224 e. The number of hydrogen-bond donors (Lipinski definition) is 2. The minimum atomic E-state index is 0. The maximum atomic E-state index is 12.1. The zero-order valence-corrected chi connectivity index (χ0v) is 14.4. The lowest BCUT2D eigenvalue weighted by atomic mass is 9.85. The molecule has 1 fully saturated rings. The van der Waals surface area contributed by atoms with Crippen LogP contribution in [0.2, 0.25) is 0 Å². The number of carbonyl (C=O) groups excluding carboxylic acids is 1. The van der Waals surface area contributed by atoms with Crippen LogP contribution in [0.15, 0.2) is 29.2 Å². The zero-order chi connectivity index (χ0) is 14.4. The summed E-state index contributed by atoms with van der Waals surface area (Å²) in [6.45, 7) is 4.36.